The third-order valence-electron chi connectivity index (χ3n) is 6.50. The van der Waals surface area contributed by atoms with Gasteiger partial charge in [0.05, 0.1) is 19.1 Å². The zero-order valence-electron chi connectivity index (χ0n) is 17.4. The van der Waals surface area contributed by atoms with Crippen molar-refractivity contribution >= 4 is 11.8 Å². The van der Waals surface area contributed by atoms with Crippen LogP contribution in [0.1, 0.15) is 41.9 Å². The Kier molecular flexibility index (Phi) is 6.45. The number of aromatic nitrogens is 1. The summed E-state index contributed by atoms with van der Waals surface area (Å²) in [6, 6.07) is 6.06. The molecule has 0 saturated carbocycles. The number of hydrogen-bond acceptors (Lipinski definition) is 5. The number of amides is 2. The molecule has 1 aromatic heterocycles. The minimum Gasteiger partial charge on any atom is -0.378 e. The van der Waals surface area contributed by atoms with E-state index in [1.807, 2.05) is 28.9 Å². The van der Waals surface area contributed by atoms with Crippen LogP contribution in [0.5, 0.6) is 0 Å². The summed E-state index contributed by atoms with van der Waals surface area (Å²) >= 11 is 0. The zero-order valence-corrected chi connectivity index (χ0v) is 17.4. The predicted octanol–water partition coefficient (Wildman–Crippen LogP) is 1.57. The standard InChI is InChI=1S/C22H32N4O3/c1-17-4-2-6-20(23-17)22(28)24-10-7-19(8-11-24)26-9-3-5-18(16-26)21(27)25-12-14-29-15-13-25/h2,4,6,18-19H,3,5,7-16H2,1H3. The molecule has 1 atom stereocenters. The lowest BCUT2D eigenvalue weighted by atomic mass is 9.92. The summed E-state index contributed by atoms with van der Waals surface area (Å²) in [5.41, 5.74) is 1.41. The highest BCUT2D eigenvalue weighted by Crippen LogP contribution is 2.26. The lowest BCUT2D eigenvalue weighted by Gasteiger charge is -2.43. The number of aryl methyl sites for hydroxylation is 1. The number of ether oxygens (including phenoxy) is 1. The molecule has 0 aromatic carbocycles. The van der Waals surface area contributed by atoms with E-state index in [1.165, 1.54) is 0 Å². The fourth-order valence-corrected chi connectivity index (χ4v) is 4.84. The van der Waals surface area contributed by atoms with Gasteiger partial charge in [0.2, 0.25) is 5.91 Å². The molecule has 7 nitrogen and oxygen atoms in total. The average molecular weight is 401 g/mol. The fourth-order valence-electron chi connectivity index (χ4n) is 4.84. The number of nitrogens with zero attached hydrogens (tertiary/aromatic N) is 4. The molecule has 3 saturated heterocycles. The molecule has 3 fully saturated rings. The van der Waals surface area contributed by atoms with E-state index in [0.29, 0.717) is 30.9 Å². The molecule has 4 rings (SSSR count). The first kappa shape index (κ1) is 20.3. The maximum Gasteiger partial charge on any atom is 0.272 e. The number of likely N-dealkylation sites (tertiary alicyclic amines) is 2. The fraction of sp³-hybridized carbons (Fsp3) is 0.682. The molecule has 0 bridgehead atoms. The lowest BCUT2D eigenvalue weighted by molar-refractivity contribution is -0.141. The van der Waals surface area contributed by atoms with Crippen LogP contribution in [0.4, 0.5) is 0 Å². The number of carbonyl (C=O) groups excluding carboxylic acids is 2. The van der Waals surface area contributed by atoms with Crippen LogP contribution in [0, 0.1) is 12.8 Å². The number of carbonyl (C=O) groups is 2. The highest BCUT2D eigenvalue weighted by Gasteiger charge is 2.34. The predicted molar refractivity (Wildman–Crippen MR) is 110 cm³/mol. The van der Waals surface area contributed by atoms with Gasteiger partial charge < -0.3 is 14.5 Å². The monoisotopic (exact) mass is 400 g/mol. The molecule has 4 heterocycles. The Balaban J connectivity index is 1.30. The van der Waals surface area contributed by atoms with Gasteiger partial charge in [0.1, 0.15) is 5.69 Å². The van der Waals surface area contributed by atoms with Gasteiger partial charge in [-0.15, -0.1) is 0 Å². The molecule has 158 valence electrons. The normalized spacial score (nSPS) is 24.5. The Hall–Kier alpha value is -1.99. The second-order valence-electron chi connectivity index (χ2n) is 8.46. The summed E-state index contributed by atoms with van der Waals surface area (Å²) in [7, 11) is 0. The average Bonchev–Trinajstić information content (AvgIpc) is 2.79. The molecular weight excluding hydrogens is 368 g/mol. The van der Waals surface area contributed by atoms with E-state index in [4.69, 9.17) is 4.74 Å². The summed E-state index contributed by atoms with van der Waals surface area (Å²) in [5, 5.41) is 0. The van der Waals surface area contributed by atoms with Crippen LogP contribution >= 0.6 is 0 Å². The van der Waals surface area contributed by atoms with Crippen molar-refractivity contribution in [2.75, 3.05) is 52.5 Å². The molecule has 0 spiro atoms. The number of rotatable bonds is 3. The largest absolute Gasteiger partial charge is 0.378 e. The van der Waals surface area contributed by atoms with E-state index in [1.54, 1.807) is 6.07 Å². The van der Waals surface area contributed by atoms with Gasteiger partial charge in [0, 0.05) is 44.5 Å². The van der Waals surface area contributed by atoms with Gasteiger partial charge in [0.15, 0.2) is 0 Å². The van der Waals surface area contributed by atoms with Crippen LogP contribution in [0.3, 0.4) is 0 Å². The summed E-state index contributed by atoms with van der Waals surface area (Å²) in [4.78, 5) is 36.4. The second-order valence-corrected chi connectivity index (χ2v) is 8.46. The number of hydrogen-bond donors (Lipinski definition) is 0. The summed E-state index contributed by atoms with van der Waals surface area (Å²) < 4.78 is 5.38. The SMILES string of the molecule is Cc1cccc(C(=O)N2CCC(N3CCCC(C(=O)N4CCOCC4)C3)CC2)n1. The van der Waals surface area contributed by atoms with E-state index >= 15 is 0 Å². The Labute approximate surface area is 173 Å². The first-order valence-electron chi connectivity index (χ1n) is 11.0. The zero-order chi connectivity index (χ0) is 20.2. The van der Waals surface area contributed by atoms with Crippen molar-refractivity contribution in [2.45, 2.75) is 38.6 Å². The van der Waals surface area contributed by atoms with Crippen molar-refractivity contribution < 1.29 is 14.3 Å². The highest BCUT2D eigenvalue weighted by molar-refractivity contribution is 5.92. The Bertz CT molecular complexity index is 727. The summed E-state index contributed by atoms with van der Waals surface area (Å²) in [6.07, 6.45) is 4.00. The van der Waals surface area contributed by atoms with Gasteiger partial charge >= 0.3 is 0 Å². The maximum absolute atomic E-state index is 12.9. The van der Waals surface area contributed by atoms with E-state index in [-0.39, 0.29) is 11.8 Å². The van der Waals surface area contributed by atoms with Gasteiger partial charge in [-0.1, -0.05) is 6.07 Å². The third-order valence-corrected chi connectivity index (χ3v) is 6.50. The van der Waals surface area contributed by atoms with Gasteiger partial charge in [-0.3, -0.25) is 14.5 Å². The molecule has 7 heteroatoms. The van der Waals surface area contributed by atoms with E-state index in [2.05, 4.69) is 9.88 Å². The number of pyridine rings is 1. The summed E-state index contributed by atoms with van der Waals surface area (Å²) in [5.74, 6) is 0.445. The van der Waals surface area contributed by atoms with Gasteiger partial charge in [-0.25, -0.2) is 4.98 Å². The minimum atomic E-state index is 0.0335. The van der Waals surface area contributed by atoms with Crippen molar-refractivity contribution in [3.63, 3.8) is 0 Å². The lowest BCUT2D eigenvalue weighted by Crippen LogP contribution is -2.53. The van der Waals surface area contributed by atoms with Crippen molar-refractivity contribution in [3.8, 4) is 0 Å². The molecule has 3 aliphatic rings. The Morgan fingerprint density at radius 1 is 1.00 bits per heavy atom. The molecule has 0 aliphatic carbocycles. The van der Waals surface area contributed by atoms with Crippen LogP contribution in [0.15, 0.2) is 18.2 Å². The quantitative estimate of drug-likeness (QED) is 0.771. The van der Waals surface area contributed by atoms with Gasteiger partial charge in [-0.2, -0.15) is 0 Å². The van der Waals surface area contributed by atoms with Gasteiger partial charge in [0.25, 0.3) is 5.91 Å². The van der Waals surface area contributed by atoms with Crippen LogP contribution in [0.2, 0.25) is 0 Å². The molecule has 0 radical (unpaired) electrons. The number of morpholine rings is 1. The maximum atomic E-state index is 12.9. The van der Waals surface area contributed by atoms with Crippen molar-refractivity contribution in [3.05, 3.63) is 29.6 Å². The molecule has 29 heavy (non-hydrogen) atoms. The summed E-state index contributed by atoms with van der Waals surface area (Å²) in [6.45, 7) is 8.11. The topological polar surface area (TPSA) is 66.0 Å². The van der Waals surface area contributed by atoms with Crippen LogP contribution in [0.25, 0.3) is 0 Å². The van der Waals surface area contributed by atoms with Crippen LogP contribution in [-0.2, 0) is 9.53 Å². The minimum absolute atomic E-state index is 0.0335. The van der Waals surface area contributed by atoms with E-state index < -0.39 is 0 Å². The Morgan fingerprint density at radius 2 is 1.76 bits per heavy atom. The molecular formula is C22H32N4O3. The van der Waals surface area contributed by atoms with Crippen molar-refractivity contribution in [1.29, 1.82) is 0 Å². The van der Waals surface area contributed by atoms with Crippen molar-refractivity contribution in [1.82, 2.24) is 19.7 Å². The molecule has 1 unspecified atom stereocenters. The smallest absolute Gasteiger partial charge is 0.272 e. The van der Waals surface area contributed by atoms with Crippen molar-refractivity contribution in [2.24, 2.45) is 5.92 Å². The van der Waals surface area contributed by atoms with E-state index in [0.717, 1.165) is 70.6 Å². The first-order chi connectivity index (χ1) is 14.1. The molecule has 2 amide bonds. The molecule has 3 aliphatic heterocycles. The van der Waals surface area contributed by atoms with E-state index in [9.17, 15) is 9.59 Å². The third kappa shape index (κ3) is 4.78. The highest BCUT2D eigenvalue weighted by atomic mass is 16.5. The second kappa shape index (κ2) is 9.22. The molecule has 1 aromatic rings. The van der Waals surface area contributed by atoms with Gasteiger partial charge in [-0.05, 0) is 51.3 Å². The Morgan fingerprint density at radius 3 is 2.48 bits per heavy atom. The van der Waals surface area contributed by atoms with Crippen LogP contribution in [-0.4, -0.2) is 90.0 Å². The molecule has 0 N–H and O–H groups in total. The number of piperidine rings is 2. The van der Waals surface area contributed by atoms with Crippen LogP contribution < -0.4 is 0 Å². The first-order valence-corrected chi connectivity index (χ1v) is 11.0.